The number of rotatable bonds is 5. The molecule has 5 nitrogen and oxygen atoms in total. The minimum Gasteiger partial charge on any atom is -0.491 e. The summed E-state index contributed by atoms with van der Waals surface area (Å²) in [6.45, 7) is 5.59. The number of aryl methyl sites for hydroxylation is 1. The number of hydrogen-bond acceptors (Lipinski definition) is 4. The van der Waals surface area contributed by atoms with Gasteiger partial charge >= 0.3 is 0 Å². The average Bonchev–Trinajstić information content (AvgIpc) is 2.53. The third kappa shape index (κ3) is 4.32. The molecule has 1 heterocycles. The molecule has 2 aromatic carbocycles. The number of anilines is 1. The Hall–Kier alpha value is -2.05. The first kappa shape index (κ1) is 17.8. The van der Waals surface area contributed by atoms with Crippen LogP contribution in [0.15, 0.2) is 47.4 Å². The summed E-state index contributed by atoms with van der Waals surface area (Å²) < 4.78 is 29.1. The van der Waals surface area contributed by atoms with Gasteiger partial charge in [-0.2, -0.15) is 0 Å². The van der Waals surface area contributed by atoms with Crippen LogP contribution in [0.4, 0.5) is 5.69 Å². The first-order chi connectivity index (χ1) is 11.8. The van der Waals surface area contributed by atoms with Gasteiger partial charge in [0, 0.05) is 18.8 Å². The Balaban J connectivity index is 1.88. The minimum absolute atomic E-state index is 0.128. The largest absolute Gasteiger partial charge is 0.491 e. The molecule has 0 saturated carbocycles. The molecule has 0 bridgehead atoms. The lowest BCUT2D eigenvalue weighted by molar-refractivity contribution is 0.242. The van der Waals surface area contributed by atoms with Crippen molar-refractivity contribution in [3.8, 4) is 5.75 Å². The molecule has 0 amide bonds. The van der Waals surface area contributed by atoms with E-state index < -0.39 is 10.0 Å². The lowest BCUT2D eigenvalue weighted by Gasteiger charge is -2.32. The predicted octanol–water partition coefficient (Wildman–Crippen LogP) is 3.07. The van der Waals surface area contributed by atoms with Gasteiger partial charge in [-0.05, 0) is 62.1 Å². The van der Waals surface area contributed by atoms with Gasteiger partial charge in [-0.1, -0.05) is 18.2 Å². The molecule has 1 aliphatic rings. The van der Waals surface area contributed by atoms with Crippen molar-refractivity contribution in [1.29, 1.82) is 0 Å². The van der Waals surface area contributed by atoms with Gasteiger partial charge in [0.2, 0.25) is 10.0 Å². The maximum Gasteiger partial charge on any atom is 0.238 e. The fourth-order valence-electron chi connectivity index (χ4n) is 3.18. The Bertz CT molecular complexity index is 863. The van der Waals surface area contributed by atoms with Gasteiger partial charge in [0.15, 0.2) is 0 Å². The van der Waals surface area contributed by atoms with Crippen molar-refractivity contribution in [2.24, 2.45) is 5.14 Å². The molecule has 0 atom stereocenters. The van der Waals surface area contributed by atoms with Crippen LogP contribution in [0.3, 0.4) is 0 Å². The summed E-state index contributed by atoms with van der Waals surface area (Å²) >= 11 is 0. The van der Waals surface area contributed by atoms with Gasteiger partial charge in [-0.25, -0.2) is 13.6 Å². The van der Waals surface area contributed by atoms with Crippen molar-refractivity contribution in [1.82, 2.24) is 0 Å². The molecule has 0 aliphatic carbocycles. The molecule has 6 heteroatoms. The first-order valence-electron chi connectivity index (χ1n) is 8.49. The number of fused-ring (bicyclic) bond motifs is 1. The van der Waals surface area contributed by atoms with E-state index in [4.69, 9.17) is 9.88 Å². The summed E-state index contributed by atoms with van der Waals surface area (Å²) in [6.07, 6.45) is 2.13. The summed E-state index contributed by atoms with van der Waals surface area (Å²) in [5, 5.41) is 5.29. The molecule has 0 fully saturated rings. The van der Waals surface area contributed by atoms with Crippen molar-refractivity contribution in [2.45, 2.75) is 44.2 Å². The van der Waals surface area contributed by atoms with Crippen molar-refractivity contribution in [3.63, 3.8) is 0 Å². The van der Waals surface area contributed by atoms with Gasteiger partial charge in [0.1, 0.15) is 5.75 Å². The Morgan fingerprint density at radius 1 is 1.20 bits per heavy atom. The second-order valence-corrected chi connectivity index (χ2v) is 8.24. The Morgan fingerprint density at radius 2 is 2.00 bits per heavy atom. The average molecular weight is 360 g/mol. The van der Waals surface area contributed by atoms with Crippen LogP contribution in [0, 0.1) is 0 Å². The minimum atomic E-state index is -3.70. The van der Waals surface area contributed by atoms with E-state index in [0.717, 1.165) is 42.0 Å². The normalized spacial score (nSPS) is 14.5. The molecular weight excluding hydrogens is 336 g/mol. The molecule has 0 spiro atoms. The van der Waals surface area contributed by atoms with E-state index in [-0.39, 0.29) is 11.0 Å². The summed E-state index contributed by atoms with van der Waals surface area (Å²) in [6, 6.07) is 13.2. The summed E-state index contributed by atoms with van der Waals surface area (Å²) in [5.41, 5.74) is 3.24. The lowest BCUT2D eigenvalue weighted by Crippen LogP contribution is -2.29. The third-order valence-electron chi connectivity index (χ3n) is 4.24. The molecule has 1 aliphatic heterocycles. The van der Waals surface area contributed by atoms with E-state index in [1.54, 1.807) is 12.1 Å². The van der Waals surface area contributed by atoms with Gasteiger partial charge in [-0.15, -0.1) is 0 Å². The van der Waals surface area contributed by atoms with E-state index in [1.165, 1.54) is 0 Å². The number of sulfonamides is 1. The maximum atomic E-state index is 11.7. The molecular formula is C19H24N2O3S. The summed E-state index contributed by atoms with van der Waals surface area (Å²) in [7, 11) is -3.70. The van der Waals surface area contributed by atoms with Crippen molar-refractivity contribution < 1.29 is 13.2 Å². The molecule has 25 heavy (non-hydrogen) atoms. The Morgan fingerprint density at radius 3 is 2.72 bits per heavy atom. The van der Waals surface area contributed by atoms with E-state index in [9.17, 15) is 8.42 Å². The van der Waals surface area contributed by atoms with Gasteiger partial charge < -0.3 is 9.64 Å². The number of nitrogens with zero attached hydrogens (tertiary/aromatic N) is 1. The standard InChI is InChI=1S/C19H24N2O3S/c1-14(2)24-17-7-3-5-15(11-17)13-21-10-4-6-16-8-9-18(12-19(16)21)25(20,22)23/h3,5,7-9,11-12,14H,4,6,10,13H2,1-2H3,(H2,20,22,23). The lowest BCUT2D eigenvalue weighted by atomic mass is 10.0. The summed E-state index contributed by atoms with van der Waals surface area (Å²) in [4.78, 5) is 2.37. The molecule has 134 valence electrons. The number of ether oxygens (including phenoxy) is 1. The van der Waals surface area contributed by atoms with Crippen LogP contribution in [0.25, 0.3) is 0 Å². The van der Waals surface area contributed by atoms with Crippen LogP contribution in [0.2, 0.25) is 0 Å². The van der Waals surface area contributed by atoms with E-state index in [2.05, 4.69) is 11.0 Å². The van der Waals surface area contributed by atoms with Crippen LogP contribution in [-0.2, 0) is 23.0 Å². The van der Waals surface area contributed by atoms with Crippen LogP contribution >= 0.6 is 0 Å². The number of nitrogens with two attached hydrogens (primary N) is 1. The summed E-state index contributed by atoms with van der Waals surface area (Å²) in [5.74, 6) is 0.850. The number of benzene rings is 2. The first-order valence-corrected chi connectivity index (χ1v) is 10.0. The fraction of sp³-hybridized carbons (Fsp3) is 0.368. The molecule has 0 saturated heterocycles. The van der Waals surface area contributed by atoms with Crippen molar-refractivity contribution in [2.75, 3.05) is 11.4 Å². The molecule has 0 aromatic heterocycles. The predicted molar refractivity (Wildman–Crippen MR) is 99.4 cm³/mol. The number of primary sulfonamides is 1. The van der Waals surface area contributed by atoms with Gasteiger partial charge in [0.25, 0.3) is 0 Å². The molecule has 2 N–H and O–H groups in total. The SMILES string of the molecule is CC(C)Oc1cccc(CN2CCCc3ccc(S(N)(=O)=O)cc32)c1. The molecule has 0 unspecified atom stereocenters. The molecule has 3 rings (SSSR count). The highest BCUT2D eigenvalue weighted by Gasteiger charge is 2.20. The van der Waals surface area contributed by atoms with Gasteiger partial charge in [-0.3, -0.25) is 0 Å². The van der Waals surface area contributed by atoms with E-state index in [0.29, 0.717) is 6.54 Å². The fourth-order valence-corrected chi connectivity index (χ4v) is 3.71. The van der Waals surface area contributed by atoms with Crippen molar-refractivity contribution in [3.05, 3.63) is 53.6 Å². The van der Waals surface area contributed by atoms with Gasteiger partial charge in [0.05, 0.1) is 11.0 Å². The third-order valence-corrected chi connectivity index (χ3v) is 5.15. The van der Waals surface area contributed by atoms with E-state index in [1.807, 2.05) is 38.1 Å². The highest BCUT2D eigenvalue weighted by atomic mass is 32.2. The highest BCUT2D eigenvalue weighted by Crippen LogP contribution is 2.31. The second kappa shape index (κ2) is 7.06. The highest BCUT2D eigenvalue weighted by molar-refractivity contribution is 7.89. The zero-order valence-electron chi connectivity index (χ0n) is 14.6. The second-order valence-electron chi connectivity index (χ2n) is 6.67. The van der Waals surface area contributed by atoms with Crippen LogP contribution < -0.4 is 14.8 Å². The Kier molecular flexibility index (Phi) is 5.01. The molecule has 0 radical (unpaired) electrons. The van der Waals surface area contributed by atoms with Crippen LogP contribution in [-0.4, -0.2) is 21.1 Å². The quantitative estimate of drug-likeness (QED) is 0.889. The van der Waals surface area contributed by atoms with E-state index >= 15 is 0 Å². The Labute approximate surface area is 149 Å². The van der Waals surface area contributed by atoms with Crippen LogP contribution in [0.1, 0.15) is 31.4 Å². The van der Waals surface area contributed by atoms with Crippen LogP contribution in [0.5, 0.6) is 5.75 Å². The smallest absolute Gasteiger partial charge is 0.238 e. The zero-order chi connectivity index (χ0) is 18.0. The zero-order valence-corrected chi connectivity index (χ0v) is 15.4. The maximum absolute atomic E-state index is 11.7. The topological polar surface area (TPSA) is 72.6 Å². The monoisotopic (exact) mass is 360 g/mol. The number of hydrogen-bond donors (Lipinski definition) is 1. The molecule has 2 aromatic rings. The van der Waals surface area contributed by atoms with Crippen molar-refractivity contribution >= 4 is 15.7 Å².